The lowest BCUT2D eigenvalue weighted by Crippen LogP contribution is -2.54. The summed E-state index contributed by atoms with van der Waals surface area (Å²) in [6.07, 6.45) is -1.30. The van der Waals surface area contributed by atoms with Crippen LogP contribution in [0.15, 0.2) is 0 Å². The summed E-state index contributed by atoms with van der Waals surface area (Å²) in [5.74, 6) is 0. The van der Waals surface area contributed by atoms with Gasteiger partial charge in [0.2, 0.25) is 0 Å². The molecule has 2 aliphatic rings. The fourth-order valence-electron chi connectivity index (χ4n) is 1.52. The minimum Gasteiger partial charge on any atom is -0.388 e. The van der Waals surface area contributed by atoms with Crippen molar-refractivity contribution >= 4 is 0 Å². The molecular weight excluding hydrogens is 148 g/mol. The van der Waals surface area contributed by atoms with Crippen molar-refractivity contribution in [1.82, 2.24) is 0 Å². The van der Waals surface area contributed by atoms with Crippen LogP contribution in [0.3, 0.4) is 0 Å². The number of aliphatic hydroxyl groups excluding tert-OH is 3. The van der Waals surface area contributed by atoms with Crippen LogP contribution in [0.1, 0.15) is 12.8 Å². The number of rotatable bonds is 0. The standard InChI is InChI=1S/C7H12O4/c8-4-3-11-7(1-2-7)6(10)5(4)9/h4-6,8-10H,1-3H2. The maximum atomic E-state index is 9.40. The van der Waals surface area contributed by atoms with Gasteiger partial charge in [-0.15, -0.1) is 0 Å². The molecule has 1 aliphatic heterocycles. The molecule has 3 unspecified atom stereocenters. The Morgan fingerprint density at radius 3 is 2.36 bits per heavy atom. The van der Waals surface area contributed by atoms with Crippen LogP contribution in [0.5, 0.6) is 0 Å². The minimum atomic E-state index is -1.04. The van der Waals surface area contributed by atoms with E-state index in [4.69, 9.17) is 9.84 Å². The first-order valence-corrected chi connectivity index (χ1v) is 3.84. The van der Waals surface area contributed by atoms with Crippen LogP contribution in [0.25, 0.3) is 0 Å². The minimum absolute atomic E-state index is 0.137. The number of hydrogen-bond donors (Lipinski definition) is 3. The summed E-state index contributed by atoms with van der Waals surface area (Å²) < 4.78 is 5.21. The molecule has 0 radical (unpaired) electrons. The summed E-state index contributed by atoms with van der Waals surface area (Å²) in [5.41, 5.74) is -0.515. The van der Waals surface area contributed by atoms with Crippen molar-refractivity contribution in [2.24, 2.45) is 0 Å². The first-order chi connectivity index (χ1) is 5.16. The van der Waals surface area contributed by atoms with Gasteiger partial charge in [-0.25, -0.2) is 0 Å². The van der Waals surface area contributed by atoms with Crippen molar-refractivity contribution in [2.75, 3.05) is 6.61 Å². The van der Waals surface area contributed by atoms with E-state index in [2.05, 4.69) is 0 Å². The second-order valence-electron chi connectivity index (χ2n) is 3.38. The highest BCUT2D eigenvalue weighted by Gasteiger charge is 2.57. The van der Waals surface area contributed by atoms with Gasteiger partial charge in [0.25, 0.3) is 0 Å². The molecule has 3 N–H and O–H groups in total. The lowest BCUT2D eigenvalue weighted by Gasteiger charge is -2.35. The molecule has 0 aromatic rings. The van der Waals surface area contributed by atoms with E-state index in [0.717, 1.165) is 12.8 Å². The molecule has 1 saturated carbocycles. The molecule has 1 heterocycles. The van der Waals surface area contributed by atoms with Crippen molar-refractivity contribution in [3.05, 3.63) is 0 Å². The Labute approximate surface area is 64.4 Å². The molecule has 0 bridgehead atoms. The Morgan fingerprint density at radius 1 is 1.18 bits per heavy atom. The maximum absolute atomic E-state index is 9.40. The average Bonchev–Trinajstić information content (AvgIpc) is 2.76. The van der Waals surface area contributed by atoms with E-state index in [1.807, 2.05) is 0 Å². The van der Waals surface area contributed by atoms with Gasteiger partial charge in [-0.05, 0) is 12.8 Å². The van der Waals surface area contributed by atoms with E-state index in [-0.39, 0.29) is 6.61 Å². The molecule has 0 aromatic carbocycles. The molecule has 1 spiro atoms. The molecule has 1 saturated heterocycles. The van der Waals surface area contributed by atoms with Gasteiger partial charge in [0.05, 0.1) is 12.2 Å². The molecule has 64 valence electrons. The summed E-state index contributed by atoms with van der Waals surface area (Å²) in [5, 5.41) is 27.7. The Morgan fingerprint density at radius 2 is 1.82 bits per heavy atom. The van der Waals surface area contributed by atoms with Crippen LogP contribution in [-0.2, 0) is 4.74 Å². The van der Waals surface area contributed by atoms with Gasteiger partial charge in [-0.2, -0.15) is 0 Å². The van der Waals surface area contributed by atoms with E-state index in [1.54, 1.807) is 0 Å². The zero-order chi connectivity index (χ0) is 8.06. The quantitative estimate of drug-likeness (QED) is 0.409. The average molecular weight is 160 g/mol. The van der Waals surface area contributed by atoms with E-state index in [1.165, 1.54) is 0 Å². The molecule has 1 aliphatic carbocycles. The third kappa shape index (κ3) is 0.980. The topological polar surface area (TPSA) is 69.9 Å². The lowest BCUT2D eigenvalue weighted by atomic mass is 9.98. The zero-order valence-electron chi connectivity index (χ0n) is 6.10. The second-order valence-corrected chi connectivity index (χ2v) is 3.38. The third-order valence-electron chi connectivity index (χ3n) is 2.54. The highest BCUT2D eigenvalue weighted by molar-refractivity contribution is 5.08. The lowest BCUT2D eigenvalue weighted by molar-refractivity contribution is -0.198. The van der Waals surface area contributed by atoms with E-state index in [9.17, 15) is 10.2 Å². The van der Waals surface area contributed by atoms with Crippen LogP contribution in [0.4, 0.5) is 0 Å². The summed E-state index contributed by atoms with van der Waals surface area (Å²) in [4.78, 5) is 0. The normalized spacial score (nSPS) is 47.7. The number of hydrogen-bond acceptors (Lipinski definition) is 4. The van der Waals surface area contributed by atoms with Gasteiger partial charge in [-0.3, -0.25) is 0 Å². The third-order valence-corrected chi connectivity index (χ3v) is 2.54. The van der Waals surface area contributed by atoms with Gasteiger partial charge in [-0.1, -0.05) is 0 Å². The Hall–Kier alpha value is -0.160. The van der Waals surface area contributed by atoms with Crippen molar-refractivity contribution in [1.29, 1.82) is 0 Å². The van der Waals surface area contributed by atoms with E-state index in [0.29, 0.717) is 0 Å². The largest absolute Gasteiger partial charge is 0.388 e. The van der Waals surface area contributed by atoms with Crippen molar-refractivity contribution in [2.45, 2.75) is 36.8 Å². The van der Waals surface area contributed by atoms with E-state index < -0.39 is 23.9 Å². The van der Waals surface area contributed by atoms with Crippen molar-refractivity contribution < 1.29 is 20.1 Å². The molecule has 4 nitrogen and oxygen atoms in total. The fraction of sp³-hybridized carbons (Fsp3) is 1.00. The Kier molecular flexibility index (Phi) is 1.47. The smallest absolute Gasteiger partial charge is 0.111 e. The van der Waals surface area contributed by atoms with Crippen LogP contribution in [-0.4, -0.2) is 45.8 Å². The monoisotopic (exact) mass is 160 g/mol. The molecule has 2 fully saturated rings. The number of aliphatic hydroxyl groups is 3. The van der Waals surface area contributed by atoms with Gasteiger partial charge in [0.15, 0.2) is 0 Å². The molecule has 2 rings (SSSR count). The summed E-state index contributed by atoms with van der Waals surface area (Å²) in [6.45, 7) is 0.137. The van der Waals surface area contributed by atoms with Gasteiger partial charge >= 0.3 is 0 Å². The zero-order valence-corrected chi connectivity index (χ0v) is 6.10. The highest BCUT2D eigenvalue weighted by Crippen LogP contribution is 2.46. The van der Waals surface area contributed by atoms with Crippen LogP contribution in [0, 0.1) is 0 Å². The van der Waals surface area contributed by atoms with Gasteiger partial charge < -0.3 is 20.1 Å². The second kappa shape index (κ2) is 2.17. The van der Waals surface area contributed by atoms with Gasteiger partial charge in [0, 0.05) is 0 Å². The van der Waals surface area contributed by atoms with Crippen LogP contribution >= 0.6 is 0 Å². The Balaban J connectivity index is 2.09. The van der Waals surface area contributed by atoms with E-state index >= 15 is 0 Å². The van der Waals surface area contributed by atoms with Crippen molar-refractivity contribution in [3.8, 4) is 0 Å². The molecule has 4 heteroatoms. The van der Waals surface area contributed by atoms with Gasteiger partial charge in [0.1, 0.15) is 18.3 Å². The Bertz CT molecular complexity index is 166. The molecule has 0 aromatic heterocycles. The summed E-state index contributed by atoms with van der Waals surface area (Å²) in [6, 6.07) is 0. The first kappa shape index (κ1) is 7.49. The molecular formula is C7H12O4. The summed E-state index contributed by atoms with van der Waals surface area (Å²) >= 11 is 0. The first-order valence-electron chi connectivity index (χ1n) is 3.84. The highest BCUT2D eigenvalue weighted by atomic mass is 16.5. The fourth-order valence-corrected chi connectivity index (χ4v) is 1.52. The van der Waals surface area contributed by atoms with Crippen LogP contribution < -0.4 is 0 Å². The summed E-state index contributed by atoms with van der Waals surface area (Å²) in [7, 11) is 0. The maximum Gasteiger partial charge on any atom is 0.111 e. The SMILES string of the molecule is OC1COC2(CC2)C(O)C1O. The van der Waals surface area contributed by atoms with Crippen molar-refractivity contribution in [3.63, 3.8) is 0 Å². The molecule has 0 amide bonds. The van der Waals surface area contributed by atoms with Crippen LogP contribution in [0.2, 0.25) is 0 Å². The number of ether oxygens (including phenoxy) is 1. The predicted octanol–water partition coefficient (Wildman–Crippen LogP) is -1.37. The molecule has 3 atom stereocenters. The molecule has 11 heavy (non-hydrogen) atoms. The predicted molar refractivity (Wildman–Crippen MR) is 35.9 cm³/mol.